The largest absolute Gasteiger partial charge is 0.457 e. The molecule has 2 N–H and O–H groups in total. The summed E-state index contributed by atoms with van der Waals surface area (Å²) in [4.78, 5) is 4.53. The van der Waals surface area contributed by atoms with Crippen LogP contribution >= 0.6 is 0 Å². The second kappa shape index (κ2) is 9.99. The van der Waals surface area contributed by atoms with E-state index in [0.29, 0.717) is 18.4 Å². The molecule has 4 rings (SSSR count). The summed E-state index contributed by atoms with van der Waals surface area (Å²) in [7, 11) is -3.83. The van der Waals surface area contributed by atoms with E-state index in [0.717, 1.165) is 16.7 Å². The Morgan fingerprint density at radius 3 is 2.26 bits per heavy atom. The molecule has 1 fully saturated rings. The van der Waals surface area contributed by atoms with Gasteiger partial charge in [-0.05, 0) is 48.9 Å². The summed E-state index contributed by atoms with van der Waals surface area (Å²) in [6, 6.07) is 26.7. The van der Waals surface area contributed by atoms with Crippen molar-refractivity contribution in [2.45, 2.75) is 43.6 Å². The lowest BCUT2D eigenvalue weighted by Crippen LogP contribution is -2.53. The molecule has 1 unspecified atom stereocenters. The van der Waals surface area contributed by atoms with Crippen LogP contribution in [0.4, 0.5) is 0 Å². The Bertz CT molecular complexity index is 1240. The molecular formula is C27H30N2O4S. The van der Waals surface area contributed by atoms with Crippen molar-refractivity contribution >= 4 is 16.0 Å². The third-order valence-corrected chi connectivity index (χ3v) is 7.82. The SMILES string of the molecule is CC1(C)OC(=N[C@@H](CCO)c2ccccc2)NS(=O)(=O)C1c1cccc(Cc2ccccc2)c1. The number of hydrogen-bond acceptors (Lipinski definition) is 5. The lowest BCUT2D eigenvalue weighted by atomic mass is 9.94. The maximum absolute atomic E-state index is 13.4. The summed E-state index contributed by atoms with van der Waals surface area (Å²) >= 11 is 0. The van der Waals surface area contributed by atoms with Crippen LogP contribution < -0.4 is 4.72 Å². The molecule has 0 saturated carbocycles. The molecule has 7 heteroatoms. The molecule has 1 aliphatic heterocycles. The van der Waals surface area contributed by atoms with E-state index in [2.05, 4.69) is 21.8 Å². The average molecular weight is 479 g/mol. The van der Waals surface area contributed by atoms with Crippen molar-refractivity contribution in [2.24, 2.45) is 4.99 Å². The van der Waals surface area contributed by atoms with E-state index < -0.39 is 26.9 Å². The number of sulfonamides is 1. The topological polar surface area (TPSA) is 88.0 Å². The molecule has 3 aromatic rings. The Kier molecular flexibility index (Phi) is 7.05. The number of nitrogens with one attached hydrogen (secondary N) is 1. The van der Waals surface area contributed by atoms with E-state index in [4.69, 9.17) is 4.74 Å². The predicted molar refractivity (Wildman–Crippen MR) is 134 cm³/mol. The number of rotatable bonds is 7. The Balaban J connectivity index is 1.63. The molecular weight excluding hydrogens is 448 g/mol. The second-order valence-corrected chi connectivity index (χ2v) is 10.8. The Morgan fingerprint density at radius 2 is 1.62 bits per heavy atom. The molecule has 0 bridgehead atoms. The first-order valence-electron chi connectivity index (χ1n) is 11.4. The third kappa shape index (κ3) is 5.48. The highest BCUT2D eigenvalue weighted by atomic mass is 32.2. The van der Waals surface area contributed by atoms with Crippen molar-refractivity contribution in [3.63, 3.8) is 0 Å². The van der Waals surface area contributed by atoms with Gasteiger partial charge >= 0.3 is 0 Å². The van der Waals surface area contributed by atoms with Gasteiger partial charge in [0.1, 0.15) is 10.9 Å². The molecule has 0 amide bonds. The monoisotopic (exact) mass is 478 g/mol. The van der Waals surface area contributed by atoms with Gasteiger partial charge in [0.25, 0.3) is 6.02 Å². The molecule has 0 aliphatic carbocycles. The Morgan fingerprint density at radius 1 is 0.971 bits per heavy atom. The number of amidine groups is 1. The van der Waals surface area contributed by atoms with Crippen LogP contribution in [0.15, 0.2) is 89.9 Å². The van der Waals surface area contributed by atoms with Crippen molar-refractivity contribution in [3.05, 3.63) is 107 Å². The van der Waals surface area contributed by atoms with Crippen LogP contribution in [0.1, 0.15) is 53.8 Å². The highest BCUT2D eigenvalue weighted by Gasteiger charge is 2.48. The molecule has 1 saturated heterocycles. The average Bonchev–Trinajstić information content (AvgIpc) is 2.79. The predicted octanol–water partition coefficient (Wildman–Crippen LogP) is 4.53. The van der Waals surface area contributed by atoms with Crippen LogP contribution in [0.3, 0.4) is 0 Å². The second-order valence-electron chi connectivity index (χ2n) is 9.01. The molecule has 178 valence electrons. The fraction of sp³-hybridized carbons (Fsp3) is 0.296. The van der Waals surface area contributed by atoms with Gasteiger partial charge < -0.3 is 9.84 Å². The molecule has 0 radical (unpaired) electrons. The molecule has 2 atom stereocenters. The molecule has 0 aromatic heterocycles. The number of benzene rings is 3. The fourth-order valence-electron chi connectivity index (χ4n) is 4.45. The maximum atomic E-state index is 13.4. The standard InChI is InChI=1S/C27H30N2O4S/c1-27(2)25(23-15-9-12-21(19-23)18-20-10-5-3-6-11-20)34(31,32)29-26(33-27)28-24(16-17-30)22-13-7-4-8-14-22/h3-15,19,24-25,30H,16-18H2,1-2H3,(H,28,29)/t24-,25?/m0/s1. The Labute approximate surface area is 201 Å². The normalized spacial score (nSPS) is 20.8. The minimum atomic E-state index is -3.83. The van der Waals surface area contributed by atoms with Crippen LogP contribution in [0, 0.1) is 0 Å². The van der Waals surface area contributed by atoms with Gasteiger partial charge in [-0.3, -0.25) is 0 Å². The number of aliphatic imine (C=N–C) groups is 1. The van der Waals surface area contributed by atoms with E-state index >= 15 is 0 Å². The smallest absolute Gasteiger partial charge is 0.299 e. The Hall–Kier alpha value is -3.16. The van der Waals surface area contributed by atoms with Crippen LogP contribution in [0.5, 0.6) is 0 Å². The highest BCUT2D eigenvalue weighted by molar-refractivity contribution is 7.90. The summed E-state index contributed by atoms with van der Waals surface area (Å²) in [6.45, 7) is 3.45. The number of ether oxygens (including phenoxy) is 1. The van der Waals surface area contributed by atoms with Gasteiger partial charge in [-0.25, -0.2) is 18.1 Å². The quantitative estimate of drug-likeness (QED) is 0.522. The molecule has 3 aromatic carbocycles. The van der Waals surface area contributed by atoms with Crippen LogP contribution in [0.2, 0.25) is 0 Å². The first-order valence-corrected chi connectivity index (χ1v) is 12.9. The highest BCUT2D eigenvalue weighted by Crippen LogP contribution is 2.39. The van der Waals surface area contributed by atoms with Crippen molar-refractivity contribution in [3.8, 4) is 0 Å². The summed E-state index contributed by atoms with van der Waals surface area (Å²) in [5.74, 6) is 0. The van der Waals surface area contributed by atoms with Gasteiger partial charge in [-0.2, -0.15) is 0 Å². The first kappa shape index (κ1) is 24.0. The summed E-state index contributed by atoms with van der Waals surface area (Å²) in [6.07, 6.45) is 1.06. The molecule has 0 spiro atoms. The maximum Gasteiger partial charge on any atom is 0.299 e. The summed E-state index contributed by atoms with van der Waals surface area (Å²) in [5, 5.41) is 8.59. The minimum absolute atomic E-state index is 0.0519. The zero-order chi connectivity index (χ0) is 24.2. The van der Waals surface area contributed by atoms with E-state index in [1.807, 2.05) is 72.8 Å². The van der Waals surface area contributed by atoms with Crippen LogP contribution in [-0.4, -0.2) is 31.8 Å². The van der Waals surface area contributed by atoms with E-state index in [9.17, 15) is 13.5 Å². The third-order valence-electron chi connectivity index (χ3n) is 5.90. The van der Waals surface area contributed by atoms with E-state index in [1.54, 1.807) is 13.8 Å². The zero-order valence-electron chi connectivity index (χ0n) is 19.4. The van der Waals surface area contributed by atoms with Crippen molar-refractivity contribution in [2.75, 3.05) is 6.61 Å². The van der Waals surface area contributed by atoms with Crippen LogP contribution in [0.25, 0.3) is 0 Å². The summed E-state index contributed by atoms with van der Waals surface area (Å²) in [5.41, 5.74) is 2.67. The van der Waals surface area contributed by atoms with Gasteiger partial charge in [-0.15, -0.1) is 0 Å². The first-order chi connectivity index (χ1) is 16.3. The number of aliphatic hydroxyl groups excluding tert-OH is 1. The molecule has 1 aliphatic rings. The van der Waals surface area contributed by atoms with Gasteiger partial charge in [-0.1, -0.05) is 84.9 Å². The van der Waals surface area contributed by atoms with Crippen molar-refractivity contribution in [1.29, 1.82) is 0 Å². The molecule has 34 heavy (non-hydrogen) atoms. The zero-order valence-corrected chi connectivity index (χ0v) is 20.2. The van der Waals surface area contributed by atoms with E-state index in [-0.39, 0.29) is 12.6 Å². The van der Waals surface area contributed by atoms with Gasteiger partial charge in [0, 0.05) is 6.61 Å². The lowest BCUT2D eigenvalue weighted by molar-refractivity contribution is 0.0758. The summed E-state index contributed by atoms with van der Waals surface area (Å²) < 4.78 is 35.5. The fourth-order valence-corrected chi connectivity index (χ4v) is 6.21. The van der Waals surface area contributed by atoms with E-state index in [1.165, 1.54) is 0 Å². The number of aliphatic hydroxyl groups is 1. The molecule has 6 nitrogen and oxygen atoms in total. The lowest BCUT2D eigenvalue weighted by Gasteiger charge is -2.39. The minimum Gasteiger partial charge on any atom is -0.457 e. The van der Waals surface area contributed by atoms with Crippen molar-refractivity contribution < 1.29 is 18.3 Å². The van der Waals surface area contributed by atoms with Gasteiger partial charge in [0.2, 0.25) is 10.0 Å². The van der Waals surface area contributed by atoms with Crippen LogP contribution in [-0.2, 0) is 21.2 Å². The molecule has 1 heterocycles. The number of nitrogens with zero attached hydrogens (tertiary/aromatic N) is 1. The van der Waals surface area contributed by atoms with Gasteiger partial charge in [0.05, 0.1) is 6.04 Å². The number of hydrogen-bond donors (Lipinski definition) is 2. The van der Waals surface area contributed by atoms with Crippen molar-refractivity contribution in [1.82, 2.24) is 4.72 Å². The van der Waals surface area contributed by atoms with Gasteiger partial charge in [0.15, 0.2) is 0 Å².